The van der Waals surface area contributed by atoms with Crippen molar-refractivity contribution in [1.82, 2.24) is 15.0 Å². The zero-order chi connectivity index (χ0) is 7.19. The van der Waals surface area contributed by atoms with Crippen LogP contribution in [0.15, 0.2) is 11.5 Å². The van der Waals surface area contributed by atoms with Crippen LogP contribution in [0.1, 0.15) is 0 Å². The Balaban J connectivity index is 2.81. The minimum Gasteiger partial charge on any atom is -0.244 e. The fraction of sp³-hybridized carbons (Fsp3) is 0. The monoisotopic (exact) mass is 158 g/mol. The van der Waals surface area contributed by atoms with E-state index in [2.05, 4.69) is 19.7 Å². The third-order valence-corrected chi connectivity index (χ3v) is 2.14. The number of anilines is 1. The Bertz CT molecular complexity index is 372. The Hall–Kier alpha value is -1.24. The summed E-state index contributed by atoms with van der Waals surface area (Å²) in [5.41, 5.74) is 0. The highest BCUT2D eigenvalue weighted by Crippen LogP contribution is 2.14. The van der Waals surface area contributed by atoms with Crippen LogP contribution in [0.5, 0.6) is 0 Å². The second kappa shape index (κ2) is 1.43. The van der Waals surface area contributed by atoms with Gasteiger partial charge in [-0.15, -0.1) is 0 Å². The number of nitrogens with zero attached hydrogens (tertiary/aromatic N) is 3. The molecule has 1 aliphatic rings. The van der Waals surface area contributed by atoms with E-state index in [9.17, 15) is 8.42 Å². The molecule has 1 aromatic rings. The molecule has 1 aromatic heterocycles. The average molecular weight is 158 g/mol. The van der Waals surface area contributed by atoms with Gasteiger partial charge in [0.25, 0.3) is 15.2 Å². The van der Waals surface area contributed by atoms with Gasteiger partial charge >= 0.3 is 0 Å². The molecule has 0 saturated carbocycles. The van der Waals surface area contributed by atoms with Crippen LogP contribution in [-0.4, -0.2) is 23.4 Å². The van der Waals surface area contributed by atoms with E-state index < -0.39 is 10.0 Å². The first kappa shape index (κ1) is 5.54. The summed E-state index contributed by atoms with van der Waals surface area (Å²) in [4.78, 5) is 10.5. The molecule has 2 heterocycles. The molecule has 2 bridgehead atoms. The smallest absolute Gasteiger partial charge is 0.244 e. The summed E-state index contributed by atoms with van der Waals surface area (Å²) in [6.07, 6.45) is 1.15. The molecule has 7 heteroatoms. The zero-order valence-corrected chi connectivity index (χ0v) is 5.46. The molecule has 0 spiro atoms. The van der Waals surface area contributed by atoms with Crippen LogP contribution < -0.4 is 4.72 Å². The number of nitrogens with one attached hydrogen (secondary N) is 1. The Labute approximate surface area is 56.4 Å². The molecule has 0 amide bonds. The number of rotatable bonds is 0. The fourth-order valence-electron chi connectivity index (χ4n) is 0.626. The van der Waals surface area contributed by atoms with Crippen LogP contribution in [0.3, 0.4) is 0 Å². The molecule has 0 fully saturated rings. The maximum atomic E-state index is 10.8. The predicted molar refractivity (Wildman–Crippen MR) is 30.6 cm³/mol. The van der Waals surface area contributed by atoms with Gasteiger partial charge in [-0.1, -0.05) is 0 Å². The van der Waals surface area contributed by atoms with E-state index in [1.807, 2.05) is 0 Å². The number of sulfonamides is 1. The Kier molecular flexibility index (Phi) is 0.791. The van der Waals surface area contributed by atoms with Crippen molar-refractivity contribution in [2.75, 3.05) is 4.72 Å². The number of fused-ring (bicyclic) bond motifs is 2. The lowest BCUT2D eigenvalue weighted by Gasteiger charge is -1.86. The molecule has 6 nitrogen and oxygen atoms in total. The molecule has 2 rings (SSSR count). The summed E-state index contributed by atoms with van der Waals surface area (Å²) in [7, 11) is -3.45. The van der Waals surface area contributed by atoms with Crippen molar-refractivity contribution in [2.45, 2.75) is 5.16 Å². The van der Waals surface area contributed by atoms with Gasteiger partial charge in [-0.05, 0) is 0 Å². The molecule has 1 aliphatic heterocycles. The van der Waals surface area contributed by atoms with E-state index in [4.69, 9.17) is 0 Å². The maximum absolute atomic E-state index is 10.8. The Morgan fingerprint density at radius 3 is 2.80 bits per heavy atom. The predicted octanol–water partition coefficient (Wildman–Crippen LogP) is -1.01. The number of hydrogen-bond acceptors (Lipinski definition) is 5. The van der Waals surface area contributed by atoms with E-state index in [-0.39, 0.29) is 11.1 Å². The van der Waals surface area contributed by atoms with Crippen LogP contribution in [0, 0.1) is 0 Å². The van der Waals surface area contributed by atoms with Crippen LogP contribution in [0.25, 0.3) is 0 Å². The van der Waals surface area contributed by atoms with Crippen molar-refractivity contribution >= 4 is 16.0 Å². The van der Waals surface area contributed by atoms with Crippen LogP contribution in [0.4, 0.5) is 5.95 Å². The van der Waals surface area contributed by atoms with Crippen molar-refractivity contribution in [3.8, 4) is 0 Å². The highest BCUT2D eigenvalue weighted by atomic mass is 32.2. The van der Waals surface area contributed by atoms with Gasteiger partial charge in [-0.2, -0.15) is 13.4 Å². The first-order valence-corrected chi connectivity index (χ1v) is 3.89. The van der Waals surface area contributed by atoms with E-state index in [1.54, 1.807) is 0 Å². The summed E-state index contributed by atoms with van der Waals surface area (Å²) in [5, 5.41) is -0.211. The van der Waals surface area contributed by atoms with Gasteiger partial charge in [0.05, 0.1) is 0 Å². The fourth-order valence-corrected chi connectivity index (χ4v) is 1.45. The van der Waals surface area contributed by atoms with Gasteiger partial charge < -0.3 is 0 Å². The highest BCUT2D eigenvalue weighted by molar-refractivity contribution is 7.92. The van der Waals surface area contributed by atoms with Crippen molar-refractivity contribution in [3.05, 3.63) is 6.33 Å². The normalized spacial score (nSPS) is 18.4. The third kappa shape index (κ3) is 0.574. The first-order chi connectivity index (χ1) is 4.68. The minimum absolute atomic E-state index is 0.0880. The van der Waals surface area contributed by atoms with Crippen molar-refractivity contribution in [3.63, 3.8) is 0 Å². The highest BCUT2D eigenvalue weighted by Gasteiger charge is 2.26. The van der Waals surface area contributed by atoms with E-state index in [0.29, 0.717) is 0 Å². The van der Waals surface area contributed by atoms with Crippen molar-refractivity contribution in [2.24, 2.45) is 0 Å². The summed E-state index contributed by atoms with van der Waals surface area (Å²) in [5.74, 6) is 0.0880. The summed E-state index contributed by atoms with van der Waals surface area (Å²) in [6.45, 7) is 0. The van der Waals surface area contributed by atoms with Crippen molar-refractivity contribution in [1.29, 1.82) is 0 Å². The SMILES string of the molecule is O=S1(=O)Nc2ncnc1n2. The molecule has 52 valence electrons. The minimum atomic E-state index is -3.45. The largest absolute Gasteiger partial charge is 0.300 e. The van der Waals surface area contributed by atoms with Gasteiger partial charge in [-0.3, -0.25) is 0 Å². The second-order valence-corrected chi connectivity index (χ2v) is 3.27. The molecule has 1 N–H and O–H groups in total. The molecule has 0 saturated heterocycles. The summed E-state index contributed by atoms with van der Waals surface area (Å²) >= 11 is 0. The van der Waals surface area contributed by atoms with Gasteiger partial charge in [0, 0.05) is 0 Å². The summed E-state index contributed by atoms with van der Waals surface area (Å²) in [6, 6.07) is 0. The van der Waals surface area contributed by atoms with Gasteiger partial charge in [0.15, 0.2) is 0 Å². The molecule has 0 unspecified atom stereocenters. The van der Waals surface area contributed by atoms with Crippen LogP contribution in [-0.2, 0) is 10.0 Å². The standard InChI is InChI=1S/C3H2N4O2S/c8-10(9)3-5-1-4-2(6-3)7-10/h1H,(H,4,5,6,7). The quantitative estimate of drug-likeness (QED) is 0.522. The average Bonchev–Trinajstić information content (AvgIpc) is 2.04. The molecule has 0 aromatic carbocycles. The molecule has 0 aliphatic carbocycles. The topological polar surface area (TPSA) is 84.8 Å². The lowest BCUT2D eigenvalue weighted by atomic mass is 11.0. The van der Waals surface area contributed by atoms with Gasteiger partial charge in [0.2, 0.25) is 5.95 Å². The molecular weight excluding hydrogens is 156 g/mol. The van der Waals surface area contributed by atoms with Gasteiger partial charge in [0.1, 0.15) is 6.33 Å². The lowest BCUT2D eigenvalue weighted by molar-refractivity contribution is 0.596. The van der Waals surface area contributed by atoms with Crippen molar-refractivity contribution < 1.29 is 8.42 Å². The molecule has 0 radical (unpaired) electrons. The Morgan fingerprint density at radius 2 is 2.20 bits per heavy atom. The Morgan fingerprint density at radius 1 is 1.40 bits per heavy atom. The molecular formula is C3H2N4O2S. The van der Waals surface area contributed by atoms with Crippen LogP contribution >= 0.6 is 0 Å². The van der Waals surface area contributed by atoms with Crippen LogP contribution in [0.2, 0.25) is 0 Å². The molecule has 10 heavy (non-hydrogen) atoms. The van der Waals surface area contributed by atoms with Gasteiger partial charge in [-0.25, -0.2) is 14.7 Å². The molecule has 0 atom stereocenters. The lowest BCUT2D eigenvalue weighted by Crippen LogP contribution is -2.06. The number of aromatic nitrogens is 3. The second-order valence-electron chi connectivity index (χ2n) is 1.70. The maximum Gasteiger partial charge on any atom is 0.300 e. The van der Waals surface area contributed by atoms with E-state index >= 15 is 0 Å². The van der Waals surface area contributed by atoms with E-state index in [1.165, 1.54) is 0 Å². The number of hydrogen-bond donors (Lipinski definition) is 1. The van der Waals surface area contributed by atoms with E-state index in [0.717, 1.165) is 6.33 Å². The first-order valence-electron chi connectivity index (χ1n) is 2.40. The summed E-state index contributed by atoms with van der Waals surface area (Å²) < 4.78 is 23.7. The zero-order valence-electron chi connectivity index (χ0n) is 4.64. The third-order valence-electron chi connectivity index (χ3n) is 1.02.